The minimum absolute atomic E-state index is 0.488. The second-order valence-electron chi connectivity index (χ2n) is 5.06. The van der Waals surface area contributed by atoms with Crippen molar-refractivity contribution in [2.24, 2.45) is 0 Å². The summed E-state index contributed by atoms with van der Waals surface area (Å²) in [5, 5.41) is 0. The number of hydrogen-bond acceptors (Lipinski definition) is 2. The van der Waals surface area contributed by atoms with Crippen molar-refractivity contribution in [3.63, 3.8) is 0 Å². The Balaban J connectivity index is 2.34. The maximum atomic E-state index is 5.95. The van der Waals surface area contributed by atoms with Crippen LogP contribution in [-0.2, 0) is 0 Å². The van der Waals surface area contributed by atoms with Gasteiger partial charge in [0.15, 0.2) is 0 Å². The van der Waals surface area contributed by atoms with Gasteiger partial charge in [-0.3, -0.25) is 0 Å². The van der Waals surface area contributed by atoms with Crippen LogP contribution in [-0.4, -0.2) is 4.98 Å². The van der Waals surface area contributed by atoms with Crippen molar-refractivity contribution in [3.05, 3.63) is 51.6 Å². The molecule has 0 fully saturated rings. The Morgan fingerprint density at radius 3 is 2.47 bits per heavy atom. The van der Waals surface area contributed by atoms with Crippen LogP contribution in [0, 0.1) is 13.8 Å². The van der Waals surface area contributed by atoms with E-state index in [0.717, 1.165) is 21.3 Å². The highest BCUT2D eigenvalue weighted by Crippen LogP contribution is 2.30. The molecule has 1 aromatic heterocycles. The van der Waals surface area contributed by atoms with E-state index < -0.39 is 0 Å². The van der Waals surface area contributed by atoms with Crippen molar-refractivity contribution in [2.45, 2.75) is 33.6 Å². The first-order chi connectivity index (χ1) is 8.97. The summed E-state index contributed by atoms with van der Waals surface area (Å²) in [6, 6.07) is 8.35. The van der Waals surface area contributed by atoms with E-state index >= 15 is 0 Å². The van der Waals surface area contributed by atoms with Crippen LogP contribution in [0.15, 0.2) is 34.9 Å². The zero-order valence-corrected chi connectivity index (χ0v) is 13.3. The van der Waals surface area contributed by atoms with Gasteiger partial charge in [-0.1, -0.05) is 26.0 Å². The summed E-state index contributed by atoms with van der Waals surface area (Å²) in [5.41, 5.74) is 3.41. The molecule has 100 valence electrons. The van der Waals surface area contributed by atoms with Crippen molar-refractivity contribution < 1.29 is 4.74 Å². The van der Waals surface area contributed by atoms with Crippen LogP contribution in [0.4, 0.5) is 0 Å². The Morgan fingerprint density at radius 2 is 1.84 bits per heavy atom. The van der Waals surface area contributed by atoms with Gasteiger partial charge in [0.05, 0.1) is 0 Å². The first-order valence-corrected chi connectivity index (χ1v) is 7.17. The van der Waals surface area contributed by atoms with Gasteiger partial charge in [-0.25, -0.2) is 4.98 Å². The van der Waals surface area contributed by atoms with Gasteiger partial charge in [-0.15, -0.1) is 0 Å². The van der Waals surface area contributed by atoms with Crippen LogP contribution in [0.1, 0.15) is 36.5 Å². The van der Waals surface area contributed by atoms with Crippen molar-refractivity contribution in [1.82, 2.24) is 4.98 Å². The van der Waals surface area contributed by atoms with Gasteiger partial charge in [0.2, 0.25) is 5.88 Å². The van der Waals surface area contributed by atoms with E-state index in [1.165, 1.54) is 5.56 Å². The molecule has 0 aliphatic rings. The highest BCUT2D eigenvalue weighted by molar-refractivity contribution is 9.10. The molecule has 2 rings (SSSR count). The Kier molecular flexibility index (Phi) is 4.25. The van der Waals surface area contributed by atoms with Crippen LogP contribution in [0.25, 0.3) is 0 Å². The summed E-state index contributed by atoms with van der Waals surface area (Å²) in [6.45, 7) is 8.40. The van der Waals surface area contributed by atoms with Crippen LogP contribution in [0.5, 0.6) is 11.6 Å². The largest absolute Gasteiger partial charge is 0.438 e. The average Bonchev–Trinajstić information content (AvgIpc) is 2.34. The smallest absolute Gasteiger partial charge is 0.222 e. The van der Waals surface area contributed by atoms with E-state index in [4.69, 9.17) is 4.74 Å². The molecule has 0 atom stereocenters. The van der Waals surface area contributed by atoms with E-state index in [2.05, 4.69) is 53.0 Å². The van der Waals surface area contributed by atoms with Crippen LogP contribution < -0.4 is 4.74 Å². The van der Waals surface area contributed by atoms with Gasteiger partial charge in [0.1, 0.15) is 5.75 Å². The third-order valence-electron chi connectivity index (χ3n) is 3.08. The van der Waals surface area contributed by atoms with Crippen molar-refractivity contribution in [1.29, 1.82) is 0 Å². The predicted octanol–water partition coefficient (Wildman–Crippen LogP) is 5.38. The van der Waals surface area contributed by atoms with Gasteiger partial charge < -0.3 is 4.74 Å². The van der Waals surface area contributed by atoms with E-state index in [1.54, 1.807) is 6.20 Å². The molecular weight excluding hydrogens is 302 g/mol. The van der Waals surface area contributed by atoms with Crippen molar-refractivity contribution >= 4 is 15.9 Å². The number of benzene rings is 1. The fraction of sp³-hybridized carbons (Fsp3) is 0.312. The van der Waals surface area contributed by atoms with Crippen LogP contribution in [0.2, 0.25) is 0 Å². The Hall–Kier alpha value is -1.35. The first kappa shape index (κ1) is 14.1. The number of ether oxygens (including phenoxy) is 1. The summed E-state index contributed by atoms with van der Waals surface area (Å²) in [5.74, 6) is 2.03. The standard InChI is InChI=1S/C16H18BrNO/c1-10(2)13-6-5-11(3)15(8-13)19-16-12(4)7-14(17)9-18-16/h5-10H,1-4H3. The number of halogens is 1. The number of pyridine rings is 1. The molecule has 2 aromatic rings. The normalized spacial score (nSPS) is 10.8. The van der Waals surface area contributed by atoms with Crippen molar-refractivity contribution in [3.8, 4) is 11.6 Å². The number of aromatic nitrogens is 1. The van der Waals surface area contributed by atoms with E-state index in [9.17, 15) is 0 Å². The lowest BCUT2D eigenvalue weighted by Gasteiger charge is -2.13. The zero-order valence-electron chi connectivity index (χ0n) is 11.7. The summed E-state index contributed by atoms with van der Waals surface area (Å²) in [7, 11) is 0. The molecule has 0 saturated carbocycles. The molecule has 0 bridgehead atoms. The van der Waals surface area contributed by atoms with Gasteiger partial charge in [0.25, 0.3) is 0 Å². The molecule has 0 saturated heterocycles. The highest BCUT2D eigenvalue weighted by atomic mass is 79.9. The van der Waals surface area contributed by atoms with Gasteiger partial charge >= 0.3 is 0 Å². The quantitative estimate of drug-likeness (QED) is 0.758. The topological polar surface area (TPSA) is 22.1 Å². The molecule has 0 radical (unpaired) electrons. The lowest BCUT2D eigenvalue weighted by molar-refractivity contribution is 0.454. The predicted molar refractivity (Wildman–Crippen MR) is 82.0 cm³/mol. The second kappa shape index (κ2) is 5.74. The number of rotatable bonds is 3. The maximum Gasteiger partial charge on any atom is 0.222 e. The van der Waals surface area contributed by atoms with E-state index in [1.807, 2.05) is 19.9 Å². The van der Waals surface area contributed by atoms with Crippen LogP contribution >= 0.6 is 15.9 Å². The lowest BCUT2D eigenvalue weighted by Crippen LogP contribution is -1.95. The molecule has 3 heteroatoms. The number of aryl methyl sites for hydroxylation is 2. The Bertz CT molecular complexity index is 593. The molecule has 0 N–H and O–H groups in total. The molecular formula is C16H18BrNO. The summed E-state index contributed by atoms with van der Waals surface area (Å²) in [4.78, 5) is 4.32. The first-order valence-electron chi connectivity index (χ1n) is 6.38. The Labute approximate surface area is 123 Å². The summed E-state index contributed by atoms with van der Waals surface area (Å²) < 4.78 is 6.92. The summed E-state index contributed by atoms with van der Waals surface area (Å²) in [6.07, 6.45) is 1.75. The minimum Gasteiger partial charge on any atom is -0.438 e. The average molecular weight is 320 g/mol. The number of nitrogens with zero attached hydrogens (tertiary/aromatic N) is 1. The lowest BCUT2D eigenvalue weighted by atomic mass is 10.0. The molecule has 0 unspecified atom stereocenters. The molecule has 0 amide bonds. The molecule has 1 heterocycles. The van der Waals surface area contributed by atoms with Crippen molar-refractivity contribution in [2.75, 3.05) is 0 Å². The molecule has 0 aliphatic heterocycles. The third-order valence-corrected chi connectivity index (χ3v) is 3.52. The number of hydrogen-bond donors (Lipinski definition) is 0. The van der Waals surface area contributed by atoms with E-state index in [0.29, 0.717) is 11.8 Å². The molecule has 0 spiro atoms. The highest BCUT2D eigenvalue weighted by Gasteiger charge is 2.08. The third kappa shape index (κ3) is 3.35. The fourth-order valence-corrected chi connectivity index (χ4v) is 2.27. The van der Waals surface area contributed by atoms with Crippen LogP contribution in [0.3, 0.4) is 0 Å². The van der Waals surface area contributed by atoms with Gasteiger partial charge in [0, 0.05) is 16.2 Å². The second-order valence-corrected chi connectivity index (χ2v) is 5.97. The Morgan fingerprint density at radius 1 is 1.11 bits per heavy atom. The van der Waals surface area contributed by atoms with Gasteiger partial charge in [-0.05, 0) is 59.0 Å². The van der Waals surface area contributed by atoms with E-state index in [-0.39, 0.29) is 0 Å². The zero-order chi connectivity index (χ0) is 14.0. The molecule has 19 heavy (non-hydrogen) atoms. The summed E-state index contributed by atoms with van der Waals surface area (Å²) >= 11 is 3.41. The minimum atomic E-state index is 0.488. The molecule has 0 aliphatic carbocycles. The SMILES string of the molecule is Cc1ccc(C(C)C)cc1Oc1ncc(Br)cc1C. The fourth-order valence-electron chi connectivity index (χ4n) is 1.82. The molecule has 1 aromatic carbocycles. The molecule has 2 nitrogen and oxygen atoms in total. The monoisotopic (exact) mass is 319 g/mol. The van der Waals surface area contributed by atoms with Gasteiger partial charge in [-0.2, -0.15) is 0 Å². The maximum absolute atomic E-state index is 5.95.